The highest BCUT2D eigenvalue weighted by atomic mass is 16.6. The summed E-state index contributed by atoms with van der Waals surface area (Å²) in [5, 5.41) is 58.9. The Hall–Kier alpha value is -3.65. The van der Waals surface area contributed by atoms with E-state index in [0.717, 1.165) is 6.20 Å². The number of ether oxygens (including phenoxy) is 2. The van der Waals surface area contributed by atoms with Gasteiger partial charge in [-0.2, -0.15) is 0 Å². The predicted octanol–water partition coefficient (Wildman–Crippen LogP) is -0.393. The number of carbonyl (C=O) groups excluding carboxylic acids is 3. The number of nitrogens with zero attached hydrogens (tertiary/aromatic N) is 2. The molecule has 34 heavy (non-hydrogen) atoms. The molecule has 0 aliphatic rings. The third kappa shape index (κ3) is 6.02. The number of pyridine rings is 2. The lowest BCUT2D eigenvalue weighted by Crippen LogP contribution is -2.22. The predicted molar refractivity (Wildman–Crippen MR) is 109 cm³/mol. The molecule has 0 spiro atoms. The second-order valence-electron chi connectivity index (χ2n) is 7.10. The van der Waals surface area contributed by atoms with E-state index in [0.29, 0.717) is 0 Å². The maximum Gasteiger partial charge on any atom is 0.377 e. The molecule has 2 aromatic rings. The number of aliphatic hydroxyl groups is 4. The summed E-state index contributed by atoms with van der Waals surface area (Å²) in [5.41, 5.74) is -0.456. The summed E-state index contributed by atoms with van der Waals surface area (Å²) < 4.78 is 9.37. The molecule has 13 heteroatoms. The normalized spacial score (nSPS) is 12.6. The number of rotatable bonds is 10. The van der Waals surface area contributed by atoms with Crippen LogP contribution in [0.1, 0.15) is 59.1 Å². The Bertz CT molecular complexity index is 1090. The van der Waals surface area contributed by atoms with Gasteiger partial charge in [0.05, 0.1) is 42.1 Å². The number of aromatic nitrogens is 2. The SMILES string of the molecule is Cc1ncc(CO)c(C(O)OC(=O)CCC(=O)C(=O)OC(O)c2c(CO)cnc(C)c2O)c1O. The number of ketones is 1. The monoisotopic (exact) mass is 480 g/mol. The molecule has 0 saturated heterocycles. The summed E-state index contributed by atoms with van der Waals surface area (Å²) in [7, 11) is 0. The minimum Gasteiger partial charge on any atom is -0.506 e. The Morgan fingerprint density at radius 2 is 1.26 bits per heavy atom. The van der Waals surface area contributed by atoms with Gasteiger partial charge in [-0.1, -0.05) is 0 Å². The van der Waals surface area contributed by atoms with E-state index < -0.39 is 67.9 Å². The van der Waals surface area contributed by atoms with Crippen molar-refractivity contribution in [3.63, 3.8) is 0 Å². The van der Waals surface area contributed by atoms with Gasteiger partial charge >= 0.3 is 11.9 Å². The van der Waals surface area contributed by atoms with E-state index >= 15 is 0 Å². The van der Waals surface area contributed by atoms with Gasteiger partial charge in [0.2, 0.25) is 18.4 Å². The fourth-order valence-electron chi connectivity index (χ4n) is 2.89. The van der Waals surface area contributed by atoms with Crippen molar-refractivity contribution in [2.45, 2.75) is 52.5 Å². The standard InChI is InChI=1S/C21H24N2O11/c1-9-17(28)15(11(7-24)5-22-9)20(31)33-14(27)4-3-13(26)19(30)34-21(32)16-12(8-25)6-23-10(2)18(16)29/h5-6,20-21,24-25,28-29,31-32H,3-4,7-8H2,1-2H3. The summed E-state index contributed by atoms with van der Waals surface area (Å²) in [5.74, 6) is -4.88. The molecule has 2 heterocycles. The molecule has 2 rings (SSSR count). The van der Waals surface area contributed by atoms with Crippen LogP contribution in [0, 0.1) is 13.8 Å². The number of esters is 2. The molecule has 0 fully saturated rings. The average Bonchev–Trinajstić information content (AvgIpc) is 2.80. The Balaban J connectivity index is 1.98. The van der Waals surface area contributed by atoms with Gasteiger partial charge in [0.15, 0.2) is 0 Å². The Kier molecular flexibility index (Phi) is 8.97. The maximum atomic E-state index is 12.0. The van der Waals surface area contributed by atoms with E-state index in [4.69, 9.17) is 4.74 Å². The van der Waals surface area contributed by atoms with Crippen LogP contribution in [0.3, 0.4) is 0 Å². The van der Waals surface area contributed by atoms with Gasteiger partial charge in [0.25, 0.3) is 0 Å². The zero-order valence-corrected chi connectivity index (χ0v) is 18.3. The molecule has 0 saturated carbocycles. The summed E-state index contributed by atoms with van der Waals surface area (Å²) >= 11 is 0. The molecule has 13 nitrogen and oxygen atoms in total. The van der Waals surface area contributed by atoms with E-state index in [9.17, 15) is 45.0 Å². The summed E-state index contributed by atoms with van der Waals surface area (Å²) in [6.45, 7) is 1.57. The average molecular weight is 480 g/mol. The van der Waals surface area contributed by atoms with Crippen molar-refractivity contribution in [3.05, 3.63) is 46.0 Å². The van der Waals surface area contributed by atoms with Gasteiger partial charge in [-0.15, -0.1) is 0 Å². The first-order valence-corrected chi connectivity index (χ1v) is 9.87. The van der Waals surface area contributed by atoms with Gasteiger partial charge < -0.3 is 40.1 Å². The van der Waals surface area contributed by atoms with E-state index in [1.807, 2.05) is 0 Å². The van der Waals surface area contributed by atoms with Crippen molar-refractivity contribution < 1.29 is 54.5 Å². The van der Waals surface area contributed by atoms with Crippen LogP contribution in [0.15, 0.2) is 12.4 Å². The zero-order valence-electron chi connectivity index (χ0n) is 18.3. The van der Waals surface area contributed by atoms with Crippen molar-refractivity contribution in [1.82, 2.24) is 9.97 Å². The van der Waals surface area contributed by atoms with Crippen LogP contribution in [0.4, 0.5) is 0 Å². The van der Waals surface area contributed by atoms with E-state index in [-0.39, 0.29) is 33.6 Å². The third-order valence-electron chi connectivity index (χ3n) is 4.80. The van der Waals surface area contributed by atoms with Crippen LogP contribution in [0.2, 0.25) is 0 Å². The molecule has 0 radical (unpaired) electrons. The molecular formula is C21H24N2O11. The fraction of sp³-hybridized carbons (Fsp3) is 0.381. The van der Waals surface area contributed by atoms with Crippen molar-refractivity contribution in [3.8, 4) is 11.5 Å². The topological polar surface area (TPSA) is 217 Å². The number of aliphatic hydroxyl groups excluding tert-OH is 4. The molecule has 0 aliphatic heterocycles. The molecule has 0 aromatic carbocycles. The molecule has 0 amide bonds. The van der Waals surface area contributed by atoms with Crippen LogP contribution in [-0.2, 0) is 37.1 Å². The first kappa shape index (κ1) is 26.6. The second kappa shape index (κ2) is 11.5. The number of aromatic hydroxyl groups is 2. The number of aryl methyl sites for hydroxylation is 2. The van der Waals surface area contributed by atoms with Crippen LogP contribution in [0.5, 0.6) is 11.5 Å². The smallest absolute Gasteiger partial charge is 0.377 e. The van der Waals surface area contributed by atoms with Gasteiger partial charge in [0.1, 0.15) is 11.5 Å². The summed E-state index contributed by atoms with van der Waals surface area (Å²) in [6, 6.07) is 0. The number of Topliss-reactive ketones (excluding diaryl/α,β-unsaturated/α-hetero) is 1. The first-order valence-electron chi connectivity index (χ1n) is 9.87. The molecule has 0 bridgehead atoms. The van der Waals surface area contributed by atoms with Crippen molar-refractivity contribution in [2.75, 3.05) is 0 Å². The lowest BCUT2D eigenvalue weighted by molar-refractivity contribution is -0.175. The lowest BCUT2D eigenvalue weighted by Gasteiger charge is -2.18. The fourth-order valence-corrected chi connectivity index (χ4v) is 2.89. The first-order chi connectivity index (χ1) is 16.0. The number of hydrogen-bond donors (Lipinski definition) is 6. The molecule has 2 atom stereocenters. The zero-order chi connectivity index (χ0) is 25.6. The summed E-state index contributed by atoms with van der Waals surface area (Å²) in [6.07, 6.45) is -3.12. The highest BCUT2D eigenvalue weighted by molar-refractivity contribution is 6.33. The highest BCUT2D eigenvalue weighted by Crippen LogP contribution is 2.32. The van der Waals surface area contributed by atoms with Crippen LogP contribution in [-0.4, -0.2) is 58.3 Å². The molecule has 2 unspecified atom stereocenters. The van der Waals surface area contributed by atoms with E-state index in [1.54, 1.807) is 0 Å². The maximum absolute atomic E-state index is 12.0. The summed E-state index contributed by atoms with van der Waals surface area (Å²) in [4.78, 5) is 43.6. The lowest BCUT2D eigenvalue weighted by atomic mass is 10.1. The van der Waals surface area contributed by atoms with Crippen molar-refractivity contribution >= 4 is 17.7 Å². The van der Waals surface area contributed by atoms with Crippen LogP contribution in [0.25, 0.3) is 0 Å². The largest absolute Gasteiger partial charge is 0.506 e. The van der Waals surface area contributed by atoms with Crippen LogP contribution >= 0.6 is 0 Å². The van der Waals surface area contributed by atoms with Crippen LogP contribution < -0.4 is 0 Å². The van der Waals surface area contributed by atoms with Gasteiger partial charge in [-0.3, -0.25) is 19.6 Å². The Morgan fingerprint density at radius 1 is 0.824 bits per heavy atom. The van der Waals surface area contributed by atoms with Crippen molar-refractivity contribution in [2.24, 2.45) is 0 Å². The quantitative estimate of drug-likeness (QED) is 0.145. The highest BCUT2D eigenvalue weighted by Gasteiger charge is 2.27. The Morgan fingerprint density at radius 3 is 1.71 bits per heavy atom. The molecule has 184 valence electrons. The van der Waals surface area contributed by atoms with Gasteiger partial charge in [-0.05, 0) is 13.8 Å². The van der Waals surface area contributed by atoms with E-state index in [2.05, 4.69) is 14.7 Å². The Labute approximate surface area is 192 Å². The minimum atomic E-state index is -2.09. The molecule has 0 aliphatic carbocycles. The number of carbonyl (C=O) groups is 3. The van der Waals surface area contributed by atoms with E-state index in [1.165, 1.54) is 20.0 Å². The molecule has 2 aromatic heterocycles. The molecule has 6 N–H and O–H groups in total. The third-order valence-corrected chi connectivity index (χ3v) is 4.80. The van der Waals surface area contributed by atoms with Gasteiger partial charge in [-0.25, -0.2) is 4.79 Å². The minimum absolute atomic E-state index is 0.00823. The number of hydrogen-bond acceptors (Lipinski definition) is 13. The van der Waals surface area contributed by atoms with Crippen molar-refractivity contribution in [1.29, 1.82) is 0 Å². The second-order valence-corrected chi connectivity index (χ2v) is 7.10. The molecular weight excluding hydrogens is 456 g/mol. The van der Waals surface area contributed by atoms with Gasteiger partial charge in [0, 0.05) is 29.9 Å².